The van der Waals surface area contributed by atoms with E-state index in [-0.39, 0.29) is 11.8 Å². The van der Waals surface area contributed by atoms with Crippen LogP contribution in [0.3, 0.4) is 0 Å². The van der Waals surface area contributed by atoms with Gasteiger partial charge in [0, 0.05) is 33.6 Å². The van der Waals surface area contributed by atoms with Crippen molar-refractivity contribution in [2.45, 2.75) is 31.8 Å². The van der Waals surface area contributed by atoms with Crippen LogP contribution in [0.4, 0.5) is 0 Å². The van der Waals surface area contributed by atoms with E-state index in [9.17, 15) is 4.79 Å². The molecule has 1 saturated heterocycles. The van der Waals surface area contributed by atoms with Crippen LogP contribution in [0.5, 0.6) is 0 Å². The molecule has 2 atom stereocenters. The third-order valence-corrected chi connectivity index (χ3v) is 5.87. The lowest BCUT2D eigenvalue weighted by atomic mass is 10.0. The molecule has 1 N–H and O–H groups in total. The van der Waals surface area contributed by atoms with E-state index in [1.807, 2.05) is 30.5 Å². The number of benzene rings is 1. The number of ketones is 1. The summed E-state index contributed by atoms with van der Waals surface area (Å²) in [6.45, 7) is 3.05. The van der Waals surface area contributed by atoms with Crippen molar-refractivity contribution in [2.75, 3.05) is 6.54 Å². The van der Waals surface area contributed by atoms with E-state index in [0.29, 0.717) is 6.04 Å². The lowest BCUT2D eigenvalue weighted by Gasteiger charge is -2.29. The van der Waals surface area contributed by atoms with Gasteiger partial charge in [0.05, 0.1) is 6.04 Å². The van der Waals surface area contributed by atoms with Gasteiger partial charge in [-0.3, -0.25) is 9.69 Å². The number of para-hydroxylation sites is 1. The number of hydrogen-bond acceptors (Lipinski definition) is 3. The first-order valence-electron chi connectivity index (χ1n) is 8.15. The minimum atomic E-state index is -0.0937. The summed E-state index contributed by atoms with van der Waals surface area (Å²) in [5, 5.41) is 3.15. The molecule has 118 valence electrons. The lowest BCUT2D eigenvalue weighted by Crippen LogP contribution is -2.38. The third kappa shape index (κ3) is 2.52. The molecule has 0 spiro atoms. The molecule has 4 rings (SSSR count). The Morgan fingerprint density at radius 1 is 1.30 bits per heavy atom. The normalized spacial score (nSPS) is 20.1. The van der Waals surface area contributed by atoms with Gasteiger partial charge < -0.3 is 4.98 Å². The Morgan fingerprint density at radius 3 is 3.00 bits per heavy atom. The first kappa shape index (κ1) is 14.7. The fourth-order valence-electron chi connectivity index (χ4n) is 3.69. The summed E-state index contributed by atoms with van der Waals surface area (Å²) >= 11 is 1.79. The van der Waals surface area contributed by atoms with E-state index in [1.165, 1.54) is 4.88 Å². The molecule has 1 fully saturated rings. The lowest BCUT2D eigenvalue weighted by molar-refractivity contribution is 0.0823. The summed E-state index contributed by atoms with van der Waals surface area (Å²) in [4.78, 5) is 20.0. The van der Waals surface area contributed by atoms with Gasteiger partial charge in [-0.1, -0.05) is 24.3 Å². The Labute approximate surface area is 139 Å². The predicted octanol–water partition coefficient (Wildman–Crippen LogP) is 4.64. The molecule has 2 aromatic heterocycles. The molecule has 0 aliphatic carbocycles. The number of fused-ring (bicyclic) bond motifs is 1. The second-order valence-electron chi connectivity index (χ2n) is 6.20. The highest BCUT2D eigenvalue weighted by Crippen LogP contribution is 2.36. The van der Waals surface area contributed by atoms with Gasteiger partial charge in [0.15, 0.2) is 5.78 Å². The summed E-state index contributed by atoms with van der Waals surface area (Å²) < 4.78 is 0. The minimum Gasteiger partial charge on any atom is -0.360 e. The number of Topliss-reactive ketones (excluding diaryl/α,β-unsaturated/α-hetero) is 1. The van der Waals surface area contributed by atoms with E-state index in [2.05, 4.69) is 34.3 Å². The fourth-order valence-corrected chi connectivity index (χ4v) is 4.57. The first-order valence-corrected chi connectivity index (χ1v) is 9.03. The van der Waals surface area contributed by atoms with Gasteiger partial charge in [0.25, 0.3) is 0 Å². The van der Waals surface area contributed by atoms with Crippen LogP contribution >= 0.6 is 11.3 Å². The van der Waals surface area contributed by atoms with Crippen molar-refractivity contribution in [3.63, 3.8) is 0 Å². The highest BCUT2D eigenvalue weighted by Gasteiger charge is 2.34. The van der Waals surface area contributed by atoms with Crippen molar-refractivity contribution in [2.24, 2.45) is 0 Å². The fraction of sp³-hybridized carbons (Fsp3) is 0.316. The molecule has 23 heavy (non-hydrogen) atoms. The highest BCUT2D eigenvalue weighted by molar-refractivity contribution is 7.10. The molecular weight excluding hydrogens is 304 g/mol. The molecule has 4 heteroatoms. The van der Waals surface area contributed by atoms with Crippen molar-refractivity contribution in [3.8, 4) is 0 Å². The molecule has 1 aromatic carbocycles. The molecule has 0 radical (unpaired) electrons. The molecule has 3 aromatic rings. The quantitative estimate of drug-likeness (QED) is 0.710. The summed E-state index contributed by atoms with van der Waals surface area (Å²) in [6.07, 6.45) is 4.17. The second-order valence-corrected chi connectivity index (χ2v) is 7.18. The number of hydrogen-bond donors (Lipinski definition) is 1. The smallest absolute Gasteiger partial charge is 0.181 e. The Kier molecular flexibility index (Phi) is 3.79. The maximum absolute atomic E-state index is 13.1. The molecule has 1 aliphatic heterocycles. The van der Waals surface area contributed by atoms with Crippen LogP contribution in [0.2, 0.25) is 0 Å². The van der Waals surface area contributed by atoms with Crippen LogP contribution < -0.4 is 0 Å². The van der Waals surface area contributed by atoms with Crippen LogP contribution in [0, 0.1) is 0 Å². The number of carbonyl (C=O) groups is 1. The number of nitrogens with one attached hydrogen (secondary N) is 1. The van der Waals surface area contributed by atoms with Crippen LogP contribution in [0.15, 0.2) is 48.0 Å². The molecule has 1 aliphatic rings. The predicted molar refractivity (Wildman–Crippen MR) is 95.1 cm³/mol. The van der Waals surface area contributed by atoms with Gasteiger partial charge in [0.1, 0.15) is 0 Å². The van der Waals surface area contributed by atoms with Crippen LogP contribution in [-0.2, 0) is 0 Å². The zero-order chi connectivity index (χ0) is 15.8. The number of carbonyl (C=O) groups excluding carboxylic acids is 1. The number of likely N-dealkylation sites (tertiary alicyclic amines) is 1. The van der Waals surface area contributed by atoms with E-state index >= 15 is 0 Å². The average Bonchev–Trinajstić information content (AvgIpc) is 3.31. The Balaban J connectivity index is 1.63. The van der Waals surface area contributed by atoms with Crippen molar-refractivity contribution < 1.29 is 4.79 Å². The van der Waals surface area contributed by atoms with Gasteiger partial charge in [-0.25, -0.2) is 0 Å². The number of H-pyrrole nitrogens is 1. The molecule has 0 saturated carbocycles. The number of aromatic nitrogens is 1. The number of rotatable bonds is 4. The van der Waals surface area contributed by atoms with Gasteiger partial charge in [-0.15, -0.1) is 11.3 Å². The molecular formula is C19H20N2OS. The van der Waals surface area contributed by atoms with Gasteiger partial charge in [-0.05, 0) is 43.8 Å². The van der Waals surface area contributed by atoms with Crippen molar-refractivity contribution in [1.82, 2.24) is 9.88 Å². The first-order chi connectivity index (χ1) is 11.3. The monoisotopic (exact) mass is 324 g/mol. The number of thiophene rings is 1. The SMILES string of the molecule is C[C@@H](C(=O)c1c[nH]c2ccccc12)N1CCC[C@H]1c1cccs1. The zero-order valence-corrected chi connectivity index (χ0v) is 14.0. The molecule has 3 heterocycles. The largest absolute Gasteiger partial charge is 0.360 e. The standard InChI is InChI=1S/C19H20N2OS/c1-13(21-10-4-8-17(21)18-9-5-11-23-18)19(22)15-12-20-16-7-3-2-6-14(15)16/h2-3,5-7,9,11-13,17,20H,4,8,10H2,1H3/t13-,17-/m0/s1. The average molecular weight is 324 g/mol. The van der Waals surface area contributed by atoms with Crippen molar-refractivity contribution >= 4 is 28.0 Å². The van der Waals surface area contributed by atoms with Gasteiger partial charge >= 0.3 is 0 Å². The van der Waals surface area contributed by atoms with Crippen molar-refractivity contribution in [3.05, 3.63) is 58.4 Å². The summed E-state index contributed by atoms with van der Waals surface area (Å²) in [7, 11) is 0. The van der Waals surface area contributed by atoms with Crippen LogP contribution in [-0.4, -0.2) is 28.3 Å². The Bertz CT molecular complexity index is 821. The van der Waals surface area contributed by atoms with Gasteiger partial charge in [0.2, 0.25) is 0 Å². The molecule has 0 unspecified atom stereocenters. The van der Waals surface area contributed by atoms with E-state index in [0.717, 1.165) is 35.9 Å². The van der Waals surface area contributed by atoms with Gasteiger partial charge in [-0.2, -0.15) is 0 Å². The maximum Gasteiger partial charge on any atom is 0.181 e. The highest BCUT2D eigenvalue weighted by atomic mass is 32.1. The van der Waals surface area contributed by atoms with E-state index in [4.69, 9.17) is 0 Å². The number of nitrogens with zero attached hydrogens (tertiary/aromatic N) is 1. The summed E-state index contributed by atoms with van der Waals surface area (Å²) in [6, 6.07) is 12.6. The number of aromatic amines is 1. The summed E-state index contributed by atoms with van der Waals surface area (Å²) in [5.74, 6) is 0.214. The molecule has 3 nitrogen and oxygen atoms in total. The van der Waals surface area contributed by atoms with E-state index < -0.39 is 0 Å². The van der Waals surface area contributed by atoms with E-state index in [1.54, 1.807) is 11.3 Å². The minimum absolute atomic E-state index is 0.0937. The summed E-state index contributed by atoms with van der Waals surface area (Å²) in [5.41, 5.74) is 1.84. The Morgan fingerprint density at radius 2 is 2.17 bits per heavy atom. The molecule has 0 bridgehead atoms. The van der Waals surface area contributed by atoms with Crippen molar-refractivity contribution in [1.29, 1.82) is 0 Å². The topological polar surface area (TPSA) is 36.1 Å². The maximum atomic E-state index is 13.1. The Hall–Kier alpha value is -1.91. The third-order valence-electron chi connectivity index (χ3n) is 4.90. The molecule has 0 amide bonds. The van der Waals surface area contributed by atoms with Crippen LogP contribution in [0.25, 0.3) is 10.9 Å². The van der Waals surface area contributed by atoms with Crippen LogP contribution in [0.1, 0.15) is 41.0 Å². The second kappa shape index (κ2) is 5.95. The zero-order valence-electron chi connectivity index (χ0n) is 13.2.